The van der Waals surface area contributed by atoms with E-state index in [1.807, 2.05) is 26.0 Å². The number of rotatable bonds is 4. The van der Waals surface area contributed by atoms with Crippen LogP contribution in [0.3, 0.4) is 0 Å². The van der Waals surface area contributed by atoms with E-state index in [1.54, 1.807) is 7.11 Å². The van der Waals surface area contributed by atoms with Gasteiger partial charge in [0, 0.05) is 0 Å². The fourth-order valence-corrected chi connectivity index (χ4v) is 1.82. The maximum absolute atomic E-state index is 9.81. The summed E-state index contributed by atoms with van der Waals surface area (Å²) in [6, 6.07) is 3.90. The minimum Gasteiger partial charge on any atom is -0.496 e. The standard InChI is InChI=1S/C12H19NO2/c1-8-6-10(11(14)4-5-13)7-9(2)12(8)15-3/h6-7,11,14H,4-5,13H2,1-3H3/t11-/m0/s1. The number of hydrogen-bond acceptors (Lipinski definition) is 3. The molecule has 1 aromatic carbocycles. The first-order valence-electron chi connectivity index (χ1n) is 5.13. The number of aliphatic hydroxyl groups excluding tert-OH is 1. The highest BCUT2D eigenvalue weighted by Gasteiger charge is 2.11. The van der Waals surface area contributed by atoms with Crippen molar-refractivity contribution >= 4 is 0 Å². The van der Waals surface area contributed by atoms with Gasteiger partial charge in [0.25, 0.3) is 0 Å². The average molecular weight is 209 g/mol. The molecule has 0 aliphatic carbocycles. The molecule has 3 nitrogen and oxygen atoms in total. The monoisotopic (exact) mass is 209 g/mol. The minimum atomic E-state index is -0.474. The van der Waals surface area contributed by atoms with Crippen LogP contribution in [0.25, 0.3) is 0 Å². The molecule has 0 aliphatic heterocycles. The fraction of sp³-hybridized carbons (Fsp3) is 0.500. The first-order valence-corrected chi connectivity index (χ1v) is 5.13. The van der Waals surface area contributed by atoms with E-state index >= 15 is 0 Å². The zero-order chi connectivity index (χ0) is 11.4. The lowest BCUT2D eigenvalue weighted by Gasteiger charge is -2.14. The molecule has 0 aliphatic rings. The number of hydrogen-bond donors (Lipinski definition) is 2. The topological polar surface area (TPSA) is 55.5 Å². The van der Waals surface area contributed by atoms with Gasteiger partial charge in [-0.15, -0.1) is 0 Å². The highest BCUT2D eigenvalue weighted by molar-refractivity contribution is 5.43. The number of methoxy groups -OCH3 is 1. The molecule has 0 spiro atoms. The number of benzene rings is 1. The summed E-state index contributed by atoms with van der Waals surface area (Å²) >= 11 is 0. The Kier molecular flexibility index (Phi) is 4.12. The van der Waals surface area contributed by atoms with E-state index in [2.05, 4.69) is 0 Å². The van der Waals surface area contributed by atoms with Crippen molar-refractivity contribution in [2.75, 3.05) is 13.7 Å². The molecular formula is C12H19NO2. The normalized spacial score (nSPS) is 12.6. The van der Waals surface area contributed by atoms with Gasteiger partial charge in [0.1, 0.15) is 5.75 Å². The van der Waals surface area contributed by atoms with Crippen molar-refractivity contribution in [3.8, 4) is 5.75 Å². The molecule has 0 radical (unpaired) electrons. The third kappa shape index (κ3) is 2.70. The van der Waals surface area contributed by atoms with E-state index in [1.165, 1.54) is 0 Å². The van der Waals surface area contributed by atoms with Crippen molar-refractivity contribution in [2.24, 2.45) is 5.73 Å². The predicted molar refractivity (Wildman–Crippen MR) is 61.1 cm³/mol. The Balaban J connectivity index is 3.02. The summed E-state index contributed by atoms with van der Waals surface area (Å²) in [5.74, 6) is 0.888. The number of aryl methyl sites for hydroxylation is 2. The SMILES string of the molecule is COc1c(C)cc([C@@H](O)CCN)cc1C. The molecule has 1 atom stereocenters. The van der Waals surface area contributed by atoms with Crippen LogP contribution < -0.4 is 10.5 Å². The van der Waals surface area contributed by atoms with E-state index in [0.29, 0.717) is 13.0 Å². The molecule has 0 heterocycles. The van der Waals surface area contributed by atoms with Crippen molar-refractivity contribution in [3.05, 3.63) is 28.8 Å². The summed E-state index contributed by atoms with van der Waals surface area (Å²) in [5, 5.41) is 9.81. The summed E-state index contributed by atoms with van der Waals surface area (Å²) in [5.41, 5.74) is 8.42. The quantitative estimate of drug-likeness (QED) is 0.793. The van der Waals surface area contributed by atoms with Crippen LogP contribution in [0, 0.1) is 13.8 Å². The molecule has 0 fully saturated rings. The molecule has 3 heteroatoms. The molecule has 0 saturated carbocycles. The van der Waals surface area contributed by atoms with E-state index in [-0.39, 0.29) is 0 Å². The largest absolute Gasteiger partial charge is 0.496 e. The molecular weight excluding hydrogens is 190 g/mol. The Morgan fingerprint density at radius 3 is 2.27 bits per heavy atom. The number of ether oxygens (including phenoxy) is 1. The number of aliphatic hydroxyl groups is 1. The van der Waals surface area contributed by atoms with Crippen molar-refractivity contribution in [1.29, 1.82) is 0 Å². The molecule has 0 saturated heterocycles. The third-order valence-electron chi connectivity index (χ3n) is 2.51. The molecule has 1 rings (SSSR count). The van der Waals surface area contributed by atoms with Crippen LogP contribution in [-0.2, 0) is 0 Å². The van der Waals surface area contributed by atoms with Gasteiger partial charge in [0.2, 0.25) is 0 Å². The maximum atomic E-state index is 9.81. The third-order valence-corrected chi connectivity index (χ3v) is 2.51. The molecule has 0 amide bonds. The van der Waals surface area contributed by atoms with Crippen molar-refractivity contribution in [2.45, 2.75) is 26.4 Å². The lowest BCUT2D eigenvalue weighted by Crippen LogP contribution is -2.07. The van der Waals surface area contributed by atoms with Gasteiger partial charge < -0.3 is 15.6 Å². The van der Waals surface area contributed by atoms with Crippen LogP contribution in [0.1, 0.15) is 29.2 Å². The highest BCUT2D eigenvalue weighted by Crippen LogP contribution is 2.27. The van der Waals surface area contributed by atoms with Crippen molar-refractivity contribution < 1.29 is 9.84 Å². The Bertz CT molecular complexity index is 313. The first kappa shape index (κ1) is 12.0. The molecule has 0 bridgehead atoms. The van der Waals surface area contributed by atoms with Crippen LogP contribution in [0.15, 0.2) is 12.1 Å². The Morgan fingerprint density at radius 2 is 1.87 bits per heavy atom. The van der Waals surface area contributed by atoms with Gasteiger partial charge in [0.05, 0.1) is 13.2 Å². The van der Waals surface area contributed by atoms with Gasteiger partial charge in [-0.3, -0.25) is 0 Å². The summed E-state index contributed by atoms with van der Waals surface area (Å²) in [4.78, 5) is 0. The van der Waals surface area contributed by atoms with Crippen LogP contribution >= 0.6 is 0 Å². The Morgan fingerprint density at radius 1 is 1.33 bits per heavy atom. The van der Waals surface area contributed by atoms with Gasteiger partial charge in [0.15, 0.2) is 0 Å². The van der Waals surface area contributed by atoms with Gasteiger partial charge in [-0.25, -0.2) is 0 Å². The minimum absolute atomic E-state index is 0.474. The Labute approximate surface area is 90.9 Å². The second-order valence-corrected chi connectivity index (χ2v) is 3.78. The van der Waals surface area contributed by atoms with Crippen molar-refractivity contribution in [1.82, 2.24) is 0 Å². The summed E-state index contributed by atoms with van der Waals surface area (Å²) < 4.78 is 5.26. The number of nitrogens with two attached hydrogens (primary N) is 1. The lowest BCUT2D eigenvalue weighted by atomic mass is 10.0. The van der Waals surface area contributed by atoms with Gasteiger partial charge in [-0.1, -0.05) is 0 Å². The van der Waals surface area contributed by atoms with Crippen LogP contribution in [0.4, 0.5) is 0 Å². The summed E-state index contributed by atoms with van der Waals surface area (Å²) in [7, 11) is 1.66. The lowest BCUT2D eigenvalue weighted by molar-refractivity contribution is 0.170. The zero-order valence-electron chi connectivity index (χ0n) is 9.58. The molecule has 1 aromatic rings. The van der Waals surface area contributed by atoms with E-state index < -0.39 is 6.10 Å². The zero-order valence-corrected chi connectivity index (χ0v) is 9.58. The van der Waals surface area contributed by atoms with Crippen LogP contribution in [-0.4, -0.2) is 18.8 Å². The smallest absolute Gasteiger partial charge is 0.124 e. The van der Waals surface area contributed by atoms with Gasteiger partial charge >= 0.3 is 0 Å². The van der Waals surface area contributed by atoms with Gasteiger partial charge in [-0.2, -0.15) is 0 Å². The molecule has 3 N–H and O–H groups in total. The molecule has 0 aromatic heterocycles. The Hall–Kier alpha value is -1.06. The van der Waals surface area contributed by atoms with Crippen LogP contribution in [0.2, 0.25) is 0 Å². The predicted octanol–water partition coefficient (Wildman–Crippen LogP) is 1.69. The van der Waals surface area contributed by atoms with E-state index in [4.69, 9.17) is 10.5 Å². The molecule has 0 unspecified atom stereocenters. The maximum Gasteiger partial charge on any atom is 0.124 e. The second kappa shape index (κ2) is 5.14. The van der Waals surface area contributed by atoms with E-state index in [0.717, 1.165) is 22.4 Å². The van der Waals surface area contributed by atoms with Crippen LogP contribution in [0.5, 0.6) is 5.75 Å². The fourth-order valence-electron chi connectivity index (χ4n) is 1.82. The molecule has 15 heavy (non-hydrogen) atoms. The summed E-state index contributed by atoms with van der Waals surface area (Å²) in [6.07, 6.45) is 0.115. The molecule has 84 valence electrons. The van der Waals surface area contributed by atoms with Crippen molar-refractivity contribution in [3.63, 3.8) is 0 Å². The second-order valence-electron chi connectivity index (χ2n) is 3.78. The van der Waals surface area contributed by atoms with Gasteiger partial charge in [-0.05, 0) is 55.6 Å². The summed E-state index contributed by atoms with van der Waals surface area (Å²) in [6.45, 7) is 4.44. The highest BCUT2D eigenvalue weighted by atomic mass is 16.5. The van der Waals surface area contributed by atoms with E-state index in [9.17, 15) is 5.11 Å². The average Bonchev–Trinajstić information content (AvgIpc) is 2.17. The first-order chi connectivity index (χ1) is 7.10.